The molecule has 1 N–H and O–H groups in total. The molecule has 19 heavy (non-hydrogen) atoms. The van der Waals surface area contributed by atoms with Crippen molar-refractivity contribution in [1.29, 1.82) is 0 Å². The molecule has 2 unspecified atom stereocenters. The highest BCUT2D eigenvalue weighted by Gasteiger charge is 2.47. The van der Waals surface area contributed by atoms with Crippen molar-refractivity contribution < 1.29 is 13.5 Å². The van der Waals surface area contributed by atoms with E-state index in [0.29, 0.717) is 25.9 Å². The largest absolute Gasteiger partial charge is 0.393 e. The van der Waals surface area contributed by atoms with Gasteiger partial charge in [-0.05, 0) is 38.5 Å². The van der Waals surface area contributed by atoms with Gasteiger partial charge in [-0.25, -0.2) is 0 Å². The Bertz CT molecular complexity index is 379. The van der Waals surface area contributed by atoms with Gasteiger partial charge in [0.15, 0.2) is 0 Å². The quantitative estimate of drug-likeness (QED) is 0.803. The van der Waals surface area contributed by atoms with Crippen molar-refractivity contribution in [2.45, 2.75) is 70.6 Å². The molecule has 2 rings (SSSR count). The van der Waals surface area contributed by atoms with Gasteiger partial charge in [0.2, 0.25) is 0 Å². The molecule has 0 saturated carbocycles. The maximum atomic E-state index is 12.8. The van der Waals surface area contributed by atoms with Crippen LogP contribution in [0.4, 0.5) is 0 Å². The Morgan fingerprint density at radius 3 is 2.00 bits per heavy atom. The second-order valence-corrected chi connectivity index (χ2v) is 7.58. The smallest absolute Gasteiger partial charge is 0.282 e. The van der Waals surface area contributed by atoms with Crippen LogP contribution in [0.15, 0.2) is 0 Å². The van der Waals surface area contributed by atoms with Crippen molar-refractivity contribution in [3.8, 4) is 0 Å². The minimum atomic E-state index is -3.35. The van der Waals surface area contributed by atoms with Gasteiger partial charge in [0, 0.05) is 25.2 Å². The minimum absolute atomic E-state index is 0.00922. The second kappa shape index (κ2) is 6.08. The molecule has 0 amide bonds. The van der Waals surface area contributed by atoms with Crippen LogP contribution in [0.3, 0.4) is 0 Å². The molecule has 0 aliphatic carbocycles. The number of fused-ring (bicyclic) bond motifs is 2. The molecule has 2 heterocycles. The summed E-state index contributed by atoms with van der Waals surface area (Å²) in [5.74, 6) is 0. The van der Waals surface area contributed by atoms with E-state index in [1.807, 2.05) is 13.8 Å². The molecule has 2 bridgehead atoms. The molecule has 2 fully saturated rings. The van der Waals surface area contributed by atoms with Crippen LogP contribution in [0.25, 0.3) is 0 Å². The Labute approximate surface area is 116 Å². The normalized spacial score (nSPS) is 32.1. The first-order valence-corrected chi connectivity index (χ1v) is 8.87. The fraction of sp³-hybridized carbons (Fsp3) is 1.00. The van der Waals surface area contributed by atoms with Gasteiger partial charge < -0.3 is 5.11 Å². The minimum Gasteiger partial charge on any atom is -0.393 e. The summed E-state index contributed by atoms with van der Waals surface area (Å²) >= 11 is 0. The van der Waals surface area contributed by atoms with Crippen LogP contribution in [-0.2, 0) is 10.2 Å². The average molecular weight is 290 g/mol. The summed E-state index contributed by atoms with van der Waals surface area (Å²) in [4.78, 5) is 0. The first-order valence-electron chi connectivity index (χ1n) is 7.47. The van der Waals surface area contributed by atoms with Crippen LogP contribution in [0.1, 0.15) is 52.4 Å². The SMILES string of the molecule is CCCN(CCC)S(=O)(=O)N1C2CCC1CC(O)C2. The molecule has 5 nitrogen and oxygen atoms in total. The summed E-state index contributed by atoms with van der Waals surface area (Å²) in [5.41, 5.74) is 0. The van der Waals surface area contributed by atoms with Crippen LogP contribution in [-0.4, -0.2) is 53.4 Å². The molecule has 0 aromatic carbocycles. The van der Waals surface area contributed by atoms with E-state index < -0.39 is 10.2 Å². The Kier molecular flexibility index (Phi) is 4.87. The van der Waals surface area contributed by atoms with E-state index in [9.17, 15) is 13.5 Å². The highest BCUT2D eigenvalue weighted by atomic mass is 32.2. The summed E-state index contributed by atoms with van der Waals surface area (Å²) in [5, 5.41) is 9.78. The van der Waals surface area contributed by atoms with Gasteiger partial charge in [-0.2, -0.15) is 17.0 Å². The van der Waals surface area contributed by atoms with Gasteiger partial charge in [0.1, 0.15) is 0 Å². The molecule has 2 aliphatic rings. The summed E-state index contributed by atoms with van der Waals surface area (Å²) in [6.07, 6.45) is 4.34. The van der Waals surface area contributed by atoms with Gasteiger partial charge in [-0.1, -0.05) is 13.8 Å². The molecule has 2 saturated heterocycles. The zero-order chi connectivity index (χ0) is 14.0. The summed E-state index contributed by atoms with van der Waals surface area (Å²) in [6, 6.07) is 0.0184. The van der Waals surface area contributed by atoms with Crippen LogP contribution in [0, 0.1) is 0 Å². The third-order valence-corrected chi connectivity index (χ3v) is 6.33. The highest BCUT2D eigenvalue weighted by molar-refractivity contribution is 7.86. The molecule has 0 aromatic heterocycles. The molecule has 0 spiro atoms. The Morgan fingerprint density at radius 1 is 1.11 bits per heavy atom. The lowest BCUT2D eigenvalue weighted by Crippen LogP contribution is -2.53. The molecular formula is C13H26N2O3S. The Balaban J connectivity index is 2.19. The van der Waals surface area contributed by atoms with E-state index in [1.54, 1.807) is 8.61 Å². The number of aliphatic hydroxyl groups excluding tert-OH is 1. The van der Waals surface area contributed by atoms with E-state index in [2.05, 4.69) is 0 Å². The first-order chi connectivity index (χ1) is 9.00. The molecule has 2 atom stereocenters. The topological polar surface area (TPSA) is 60.9 Å². The zero-order valence-corrected chi connectivity index (χ0v) is 12.8. The number of hydrogen-bond acceptors (Lipinski definition) is 3. The van der Waals surface area contributed by atoms with Gasteiger partial charge in [-0.3, -0.25) is 0 Å². The van der Waals surface area contributed by atoms with Crippen LogP contribution < -0.4 is 0 Å². The number of piperidine rings is 1. The molecule has 112 valence electrons. The van der Waals surface area contributed by atoms with Gasteiger partial charge in [-0.15, -0.1) is 0 Å². The van der Waals surface area contributed by atoms with E-state index in [-0.39, 0.29) is 18.2 Å². The number of hydrogen-bond donors (Lipinski definition) is 1. The molecular weight excluding hydrogens is 264 g/mol. The fourth-order valence-electron chi connectivity index (χ4n) is 3.46. The van der Waals surface area contributed by atoms with Crippen molar-refractivity contribution in [2.24, 2.45) is 0 Å². The third-order valence-electron chi connectivity index (χ3n) is 4.18. The van der Waals surface area contributed by atoms with Crippen molar-refractivity contribution in [2.75, 3.05) is 13.1 Å². The number of rotatable bonds is 6. The third kappa shape index (κ3) is 2.96. The monoisotopic (exact) mass is 290 g/mol. The number of nitrogens with zero attached hydrogens (tertiary/aromatic N) is 2. The van der Waals surface area contributed by atoms with Crippen LogP contribution >= 0.6 is 0 Å². The number of aliphatic hydroxyl groups is 1. The van der Waals surface area contributed by atoms with Crippen molar-refractivity contribution in [3.05, 3.63) is 0 Å². The van der Waals surface area contributed by atoms with Crippen molar-refractivity contribution >= 4 is 10.2 Å². The lowest BCUT2D eigenvalue weighted by Gasteiger charge is -2.39. The lowest BCUT2D eigenvalue weighted by molar-refractivity contribution is 0.0736. The highest BCUT2D eigenvalue weighted by Crippen LogP contribution is 2.38. The van der Waals surface area contributed by atoms with E-state index in [1.165, 1.54) is 0 Å². The van der Waals surface area contributed by atoms with Crippen molar-refractivity contribution in [3.63, 3.8) is 0 Å². The first kappa shape index (κ1) is 15.2. The molecule has 0 radical (unpaired) electrons. The fourth-order valence-corrected chi connectivity index (χ4v) is 5.69. The zero-order valence-electron chi connectivity index (χ0n) is 12.0. The predicted octanol–water partition coefficient (Wildman–Crippen LogP) is 1.34. The van der Waals surface area contributed by atoms with Crippen LogP contribution in [0.2, 0.25) is 0 Å². The summed E-state index contributed by atoms with van der Waals surface area (Å²) in [7, 11) is -3.35. The molecule has 2 aliphatic heterocycles. The Morgan fingerprint density at radius 2 is 1.58 bits per heavy atom. The van der Waals surface area contributed by atoms with Crippen molar-refractivity contribution in [1.82, 2.24) is 8.61 Å². The molecule has 0 aromatic rings. The summed E-state index contributed by atoms with van der Waals surface area (Å²) < 4.78 is 28.9. The Hall–Kier alpha value is -0.170. The van der Waals surface area contributed by atoms with Gasteiger partial charge in [0.05, 0.1) is 6.10 Å². The maximum Gasteiger partial charge on any atom is 0.282 e. The van der Waals surface area contributed by atoms with E-state index >= 15 is 0 Å². The van der Waals surface area contributed by atoms with Crippen LogP contribution in [0.5, 0.6) is 0 Å². The molecule has 6 heteroatoms. The van der Waals surface area contributed by atoms with Gasteiger partial charge >= 0.3 is 0 Å². The lowest BCUT2D eigenvalue weighted by atomic mass is 10.0. The second-order valence-electron chi connectivity index (χ2n) is 5.75. The predicted molar refractivity (Wildman–Crippen MR) is 75.0 cm³/mol. The average Bonchev–Trinajstić information content (AvgIpc) is 2.63. The summed E-state index contributed by atoms with van der Waals surface area (Å²) in [6.45, 7) is 5.20. The van der Waals surface area contributed by atoms with E-state index in [0.717, 1.165) is 25.7 Å². The maximum absolute atomic E-state index is 12.8. The van der Waals surface area contributed by atoms with Gasteiger partial charge in [0.25, 0.3) is 10.2 Å². The van der Waals surface area contributed by atoms with E-state index in [4.69, 9.17) is 0 Å². The standard InChI is InChI=1S/C13H26N2O3S/c1-3-7-14(8-4-2)19(17,18)15-11-5-6-12(15)10-13(16)9-11/h11-13,16H,3-10H2,1-2H3.